The van der Waals surface area contributed by atoms with Gasteiger partial charge in [0.1, 0.15) is 13.2 Å². The van der Waals surface area contributed by atoms with Gasteiger partial charge in [-0.25, -0.2) is 0 Å². The molecule has 3 aromatic carbocycles. The van der Waals surface area contributed by atoms with Gasteiger partial charge in [0.15, 0.2) is 11.5 Å². The van der Waals surface area contributed by atoms with Crippen molar-refractivity contribution in [1.29, 1.82) is 0 Å². The van der Waals surface area contributed by atoms with Crippen LogP contribution in [-0.2, 0) is 6.42 Å². The van der Waals surface area contributed by atoms with E-state index >= 15 is 0 Å². The minimum atomic E-state index is -0.0525. The van der Waals surface area contributed by atoms with Crippen molar-refractivity contribution in [2.45, 2.75) is 6.42 Å². The second-order valence-electron chi connectivity index (χ2n) is 6.05. The molecule has 0 saturated carbocycles. The number of hydrogen-bond donors (Lipinski definition) is 1. The van der Waals surface area contributed by atoms with E-state index in [-0.39, 0.29) is 5.91 Å². The molecule has 1 N–H and O–H groups in total. The van der Waals surface area contributed by atoms with Crippen molar-refractivity contribution < 1.29 is 14.3 Å². The fourth-order valence-electron chi connectivity index (χ4n) is 3.00. The maximum atomic E-state index is 12.4. The molecule has 4 heteroatoms. The van der Waals surface area contributed by atoms with E-state index in [0.29, 0.717) is 25.3 Å². The highest BCUT2D eigenvalue weighted by atomic mass is 16.6. The average molecular weight is 333 g/mol. The molecule has 1 aliphatic heterocycles. The largest absolute Gasteiger partial charge is 0.486 e. The van der Waals surface area contributed by atoms with Crippen molar-refractivity contribution in [2.24, 2.45) is 0 Å². The summed E-state index contributed by atoms with van der Waals surface area (Å²) in [7, 11) is 0. The van der Waals surface area contributed by atoms with Gasteiger partial charge in [-0.05, 0) is 47.0 Å². The zero-order chi connectivity index (χ0) is 17.1. The summed E-state index contributed by atoms with van der Waals surface area (Å²) < 4.78 is 11.1. The van der Waals surface area contributed by atoms with E-state index in [0.717, 1.165) is 34.3 Å². The molecular weight excluding hydrogens is 314 g/mol. The zero-order valence-electron chi connectivity index (χ0n) is 13.8. The van der Waals surface area contributed by atoms with Gasteiger partial charge in [0.25, 0.3) is 5.91 Å². The first kappa shape index (κ1) is 15.5. The van der Waals surface area contributed by atoms with Gasteiger partial charge >= 0.3 is 0 Å². The lowest BCUT2D eigenvalue weighted by Crippen LogP contribution is -2.25. The van der Waals surface area contributed by atoms with Crippen LogP contribution in [0.5, 0.6) is 11.5 Å². The van der Waals surface area contributed by atoms with Crippen LogP contribution in [0, 0.1) is 0 Å². The first-order chi connectivity index (χ1) is 12.3. The molecule has 0 aliphatic carbocycles. The molecule has 4 rings (SSSR count). The van der Waals surface area contributed by atoms with Crippen molar-refractivity contribution in [3.05, 3.63) is 71.8 Å². The molecule has 126 valence electrons. The summed E-state index contributed by atoms with van der Waals surface area (Å²) in [6.45, 7) is 1.74. The SMILES string of the molecule is O=C(NCCc1ccc2c(c1)OCCO2)c1ccc2ccccc2c1. The summed E-state index contributed by atoms with van der Waals surface area (Å²) in [6, 6.07) is 19.7. The Labute approximate surface area is 146 Å². The second kappa shape index (κ2) is 6.85. The quantitative estimate of drug-likeness (QED) is 0.794. The highest BCUT2D eigenvalue weighted by Gasteiger charge is 2.12. The van der Waals surface area contributed by atoms with E-state index in [1.165, 1.54) is 0 Å². The molecule has 4 nitrogen and oxygen atoms in total. The van der Waals surface area contributed by atoms with E-state index in [1.54, 1.807) is 0 Å². The third kappa shape index (κ3) is 3.43. The maximum absolute atomic E-state index is 12.4. The van der Waals surface area contributed by atoms with Crippen molar-refractivity contribution in [3.63, 3.8) is 0 Å². The molecule has 0 saturated heterocycles. The molecule has 0 spiro atoms. The summed E-state index contributed by atoms with van der Waals surface area (Å²) in [6.07, 6.45) is 0.746. The first-order valence-electron chi connectivity index (χ1n) is 8.45. The highest BCUT2D eigenvalue weighted by molar-refractivity contribution is 5.98. The molecule has 1 aliphatic rings. The number of carbonyl (C=O) groups is 1. The number of hydrogen-bond acceptors (Lipinski definition) is 3. The number of nitrogens with one attached hydrogen (secondary N) is 1. The highest BCUT2D eigenvalue weighted by Crippen LogP contribution is 2.30. The van der Waals surface area contributed by atoms with Gasteiger partial charge in [-0.3, -0.25) is 4.79 Å². The Kier molecular flexibility index (Phi) is 4.25. The fraction of sp³-hybridized carbons (Fsp3) is 0.190. The molecule has 0 aromatic heterocycles. The third-order valence-electron chi connectivity index (χ3n) is 4.32. The standard InChI is InChI=1S/C21H19NO3/c23-21(18-7-6-16-3-1-2-4-17(16)14-18)22-10-9-15-5-8-19-20(13-15)25-12-11-24-19/h1-8,13-14H,9-12H2,(H,22,23). The van der Waals surface area contributed by atoms with Crippen LogP contribution >= 0.6 is 0 Å². The van der Waals surface area contributed by atoms with Crippen LogP contribution < -0.4 is 14.8 Å². The lowest BCUT2D eigenvalue weighted by atomic mass is 10.1. The van der Waals surface area contributed by atoms with E-state index in [4.69, 9.17) is 9.47 Å². The van der Waals surface area contributed by atoms with Gasteiger partial charge in [0, 0.05) is 12.1 Å². The van der Waals surface area contributed by atoms with Crippen molar-refractivity contribution in [1.82, 2.24) is 5.32 Å². The minimum Gasteiger partial charge on any atom is -0.486 e. The van der Waals surface area contributed by atoms with Crippen LogP contribution in [0.15, 0.2) is 60.7 Å². The number of ether oxygens (including phenoxy) is 2. The monoisotopic (exact) mass is 333 g/mol. The summed E-state index contributed by atoms with van der Waals surface area (Å²) in [5.74, 6) is 1.52. The molecule has 1 heterocycles. The van der Waals surface area contributed by atoms with Crippen LogP contribution in [0.25, 0.3) is 10.8 Å². The predicted molar refractivity (Wildman–Crippen MR) is 97.4 cm³/mol. The van der Waals surface area contributed by atoms with Crippen molar-refractivity contribution in [2.75, 3.05) is 19.8 Å². The summed E-state index contributed by atoms with van der Waals surface area (Å²) in [4.78, 5) is 12.4. The number of amides is 1. The van der Waals surface area contributed by atoms with E-state index in [2.05, 4.69) is 5.32 Å². The summed E-state index contributed by atoms with van der Waals surface area (Å²) in [5.41, 5.74) is 1.80. The molecule has 25 heavy (non-hydrogen) atoms. The molecule has 0 atom stereocenters. The number of benzene rings is 3. The average Bonchev–Trinajstić information content (AvgIpc) is 2.67. The normalized spacial score (nSPS) is 12.8. The summed E-state index contributed by atoms with van der Waals surface area (Å²) >= 11 is 0. The van der Waals surface area contributed by atoms with Crippen LogP contribution in [0.2, 0.25) is 0 Å². The van der Waals surface area contributed by atoms with Gasteiger partial charge < -0.3 is 14.8 Å². The van der Waals surface area contributed by atoms with E-state index in [1.807, 2.05) is 60.7 Å². The lowest BCUT2D eigenvalue weighted by molar-refractivity contribution is 0.0954. The minimum absolute atomic E-state index is 0.0525. The predicted octanol–water partition coefficient (Wildman–Crippen LogP) is 3.58. The molecule has 1 amide bonds. The maximum Gasteiger partial charge on any atom is 0.251 e. The van der Waals surface area contributed by atoms with Crippen LogP contribution in [0.3, 0.4) is 0 Å². The molecule has 3 aromatic rings. The van der Waals surface area contributed by atoms with Gasteiger partial charge in [-0.15, -0.1) is 0 Å². The Morgan fingerprint density at radius 2 is 1.68 bits per heavy atom. The smallest absolute Gasteiger partial charge is 0.251 e. The van der Waals surface area contributed by atoms with Crippen LogP contribution in [0.4, 0.5) is 0 Å². The third-order valence-corrected chi connectivity index (χ3v) is 4.32. The molecular formula is C21H19NO3. The number of rotatable bonds is 4. The van der Waals surface area contributed by atoms with Crippen molar-refractivity contribution in [3.8, 4) is 11.5 Å². The Morgan fingerprint density at radius 3 is 2.56 bits per heavy atom. The molecule has 0 unspecified atom stereocenters. The Morgan fingerprint density at radius 1 is 0.880 bits per heavy atom. The van der Waals surface area contributed by atoms with E-state index < -0.39 is 0 Å². The Hall–Kier alpha value is -3.01. The fourth-order valence-corrected chi connectivity index (χ4v) is 3.00. The second-order valence-corrected chi connectivity index (χ2v) is 6.05. The Bertz CT molecular complexity index is 920. The van der Waals surface area contributed by atoms with Crippen molar-refractivity contribution >= 4 is 16.7 Å². The Balaban J connectivity index is 1.38. The zero-order valence-corrected chi connectivity index (χ0v) is 13.8. The molecule has 0 radical (unpaired) electrons. The van der Waals surface area contributed by atoms with Gasteiger partial charge in [-0.1, -0.05) is 36.4 Å². The number of carbonyl (C=O) groups excluding carboxylic acids is 1. The first-order valence-corrected chi connectivity index (χ1v) is 8.45. The lowest BCUT2D eigenvalue weighted by Gasteiger charge is -2.18. The van der Waals surface area contributed by atoms with Crippen LogP contribution in [0.1, 0.15) is 15.9 Å². The van der Waals surface area contributed by atoms with Gasteiger partial charge in [0.2, 0.25) is 0 Å². The number of fused-ring (bicyclic) bond motifs is 2. The van der Waals surface area contributed by atoms with Gasteiger partial charge in [-0.2, -0.15) is 0 Å². The topological polar surface area (TPSA) is 47.6 Å². The summed E-state index contributed by atoms with van der Waals surface area (Å²) in [5, 5.41) is 5.19. The molecule has 0 fully saturated rings. The molecule has 0 bridgehead atoms. The van der Waals surface area contributed by atoms with Crippen LogP contribution in [-0.4, -0.2) is 25.7 Å². The van der Waals surface area contributed by atoms with Gasteiger partial charge in [0.05, 0.1) is 0 Å². The van der Waals surface area contributed by atoms with E-state index in [9.17, 15) is 4.79 Å².